The Morgan fingerprint density at radius 3 is 2.61 bits per heavy atom. The van der Waals surface area contributed by atoms with Gasteiger partial charge in [-0.05, 0) is 54.9 Å². The lowest BCUT2D eigenvalue weighted by Gasteiger charge is -2.06. The molecule has 96 valence electrons. The summed E-state index contributed by atoms with van der Waals surface area (Å²) < 4.78 is 0. The van der Waals surface area contributed by atoms with E-state index in [9.17, 15) is 0 Å². The van der Waals surface area contributed by atoms with E-state index in [1.165, 1.54) is 21.9 Å². The van der Waals surface area contributed by atoms with Crippen LogP contribution in [0.25, 0.3) is 10.8 Å². The second-order valence-electron chi connectivity index (χ2n) is 4.76. The molecule has 0 saturated carbocycles. The van der Waals surface area contributed by atoms with Crippen LogP contribution in [0.4, 0.5) is 0 Å². The first-order valence-electron chi connectivity index (χ1n) is 6.60. The van der Waals surface area contributed by atoms with E-state index in [-0.39, 0.29) is 0 Å². The van der Waals surface area contributed by atoms with E-state index in [0.29, 0.717) is 0 Å². The summed E-state index contributed by atoms with van der Waals surface area (Å²) in [5, 5.41) is 6.12. The van der Waals surface area contributed by atoms with E-state index in [2.05, 4.69) is 61.3 Å². The minimum absolute atomic E-state index is 0.961. The van der Waals surface area contributed by atoms with Crippen LogP contribution in [0.15, 0.2) is 36.4 Å². The van der Waals surface area contributed by atoms with E-state index in [4.69, 9.17) is 0 Å². The van der Waals surface area contributed by atoms with Crippen molar-refractivity contribution in [3.63, 3.8) is 0 Å². The molecule has 0 heterocycles. The van der Waals surface area contributed by atoms with Crippen molar-refractivity contribution in [1.29, 1.82) is 0 Å². The molecule has 1 N–H and O–H groups in total. The fraction of sp³-hybridized carbons (Fsp3) is 0.375. The van der Waals surface area contributed by atoms with Crippen LogP contribution in [-0.2, 0) is 6.42 Å². The normalized spacial score (nSPS) is 11.0. The molecule has 2 aromatic rings. The van der Waals surface area contributed by atoms with E-state index in [1.54, 1.807) is 0 Å². The molecular formula is C16H21NS. The topological polar surface area (TPSA) is 12.0 Å². The summed E-state index contributed by atoms with van der Waals surface area (Å²) in [7, 11) is 0. The van der Waals surface area contributed by atoms with Crippen LogP contribution in [0, 0.1) is 6.92 Å². The molecule has 0 unspecified atom stereocenters. The van der Waals surface area contributed by atoms with Gasteiger partial charge in [-0.1, -0.05) is 42.0 Å². The number of benzene rings is 2. The van der Waals surface area contributed by atoms with Gasteiger partial charge in [-0.3, -0.25) is 0 Å². The van der Waals surface area contributed by atoms with Crippen LogP contribution < -0.4 is 5.32 Å². The van der Waals surface area contributed by atoms with Crippen molar-refractivity contribution in [2.45, 2.75) is 19.8 Å². The number of hydrogen-bond donors (Lipinski definition) is 2. The van der Waals surface area contributed by atoms with Crippen LogP contribution in [0.3, 0.4) is 0 Å². The Balaban J connectivity index is 1.95. The molecule has 1 nitrogen and oxygen atoms in total. The van der Waals surface area contributed by atoms with Gasteiger partial charge >= 0.3 is 0 Å². The van der Waals surface area contributed by atoms with Crippen LogP contribution in [0.2, 0.25) is 0 Å². The van der Waals surface area contributed by atoms with Crippen molar-refractivity contribution < 1.29 is 0 Å². The van der Waals surface area contributed by atoms with Gasteiger partial charge in [0.2, 0.25) is 0 Å². The van der Waals surface area contributed by atoms with Crippen molar-refractivity contribution in [2.24, 2.45) is 0 Å². The molecule has 0 spiro atoms. The molecule has 2 rings (SSSR count). The average molecular weight is 259 g/mol. The minimum atomic E-state index is 0.961. The van der Waals surface area contributed by atoms with Gasteiger partial charge in [-0.2, -0.15) is 12.6 Å². The van der Waals surface area contributed by atoms with Crippen molar-refractivity contribution in [1.82, 2.24) is 5.32 Å². The molecule has 0 aromatic heterocycles. The van der Waals surface area contributed by atoms with Gasteiger partial charge in [-0.25, -0.2) is 0 Å². The molecule has 0 amide bonds. The van der Waals surface area contributed by atoms with Gasteiger partial charge in [0, 0.05) is 0 Å². The lowest BCUT2D eigenvalue weighted by atomic mass is 10.0. The molecule has 0 atom stereocenters. The zero-order chi connectivity index (χ0) is 12.8. The van der Waals surface area contributed by atoms with Crippen LogP contribution in [0.1, 0.15) is 17.5 Å². The maximum atomic E-state index is 4.20. The Morgan fingerprint density at radius 1 is 1.00 bits per heavy atom. The molecule has 0 bridgehead atoms. The summed E-state index contributed by atoms with van der Waals surface area (Å²) >= 11 is 4.20. The Bertz CT molecular complexity index is 507. The van der Waals surface area contributed by atoms with Crippen LogP contribution in [-0.4, -0.2) is 18.8 Å². The number of thiol groups is 1. The predicted molar refractivity (Wildman–Crippen MR) is 83.7 cm³/mol. The number of aryl methyl sites for hydroxylation is 1. The predicted octanol–water partition coefficient (Wildman–Crippen LogP) is 3.60. The van der Waals surface area contributed by atoms with Crippen molar-refractivity contribution in [2.75, 3.05) is 18.8 Å². The first kappa shape index (κ1) is 13.4. The van der Waals surface area contributed by atoms with E-state index in [0.717, 1.165) is 31.7 Å². The Morgan fingerprint density at radius 2 is 1.78 bits per heavy atom. The van der Waals surface area contributed by atoms with E-state index in [1.807, 2.05) is 0 Å². The molecule has 0 radical (unpaired) electrons. The zero-order valence-corrected chi connectivity index (χ0v) is 11.8. The molecular weight excluding hydrogens is 238 g/mol. The van der Waals surface area contributed by atoms with E-state index >= 15 is 0 Å². The first-order valence-corrected chi connectivity index (χ1v) is 7.24. The number of fused-ring (bicyclic) bond motifs is 1. The highest BCUT2D eigenvalue weighted by atomic mass is 32.1. The number of nitrogens with one attached hydrogen (secondary N) is 1. The molecule has 0 aliphatic carbocycles. The summed E-state index contributed by atoms with van der Waals surface area (Å²) in [6, 6.07) is 13.4. The highest BCUT2D eigenvalue weighted by Gasteiger charge is 1.97. The Kier molecular flexibility index (Phi) is 5.09. The van der Waals surface area contributed by atoms with Crippen LogP contribution in [0.5, 0.6) is 0 Å². The van der Waals surface area contributed by atoms with Crippen molar-refractivity contribution in [3.05, 3.63) is 47.5 Å². The Labute approximate surface area is 115 Å². The fourth-order valence-corrected chi connectivity index (χ4v) is 2.29. The van der Waals surface area contributed by atoms with Gasteiger partial charge in [0.15, 0.2) is 0 Å². The zero-order valence-electron chi connectivity index (χ0n) is 10.9. The summed E-state index contributed by atoms with van der Waals surface area (Å²) in [6.07, 6.45) is 2.23. The highest BCUT2D eigenvalue weighted by molar-refractivity contribution is 7.80. The quantitative estimate of drug-likeness (QED) is 0.596. The van der Waals surface area contributed by atoms with E-state index < -0.39 is 0 Å². The van der Waals surface area contributed by atoms with Gasteiger partial charge in [-0.15, -0.1) is 0 Å². The second kappa shape index (κ2) is 6.81. The van der Waals surface area contributed by atoms with Crippen molar-refractivity contribution in [3.8, 4) is 0 Å². The standard InChI is InChI=1S/C16H21NS/c1-13-3-5-16-12-14(4-6-15(16)11-13)7-9-17-8-2-10-18/h3-6,11-12,17-18H,2,7-10H2,1H3. The first-order chi connectivity index (χ1) is 8.79. The van der Waals surface area contributed by atoms with Crippen molar-refractivity contribution >= 4 is 23.4 Å². The third-order valence-electron chi connectivity index (χ3n) is 3.16. The molecule has 0 saturated heterocycles. The smallest absolute Gasteiger partial charge is 0.000834 e. The summed E-state index contributed by atoms with van der Waals surface area (Å²) in [4.78, 5) is 0. The molecule has 0 aliphatic rings. The molecule has 2 aromatic carbocycles. The monoisotopic (exact) mass is 259 g/mol. The lowest BCUT2D eigenvalue weighted by Crippen LogP contribution is -2.18. The largest absolute Gasteiger partial charge is 0.316 e. The number of rotatable bonds is 6. The molecule has 0 aliphatic heterocycles. The highest BCUT2D eigenvalue weighted by Crippen LogP contribution is 2.17. The minimum Gasteiger partial charge on any atom is -0.316 e. The summed E-state index contributed by atoms with van der Waals surface area (Å²) in [5.74, 6) is 0.961. The molecule has 18 heavy (non-hydrogen) atoms. The fourth-order valence-electron chi connectivity index (χ4n) is 2.13. The third kappa shape index (κ3) is 3.76. The maximum absolute atomic E-state index is 4.20. The summed E-state index contributed by atoms with van der Waals surface area (Å²) in [6.45, 7) is 4.25. The number of hydrogen-bond acceptors (Lipinski definition) is 2. The lowest BCUT2D eigenvalue weighted by molar-refractivity contribution is 0.675. The van der Waals surface area contributed by atoms with Gasteiger partial charge in [0.1, 0.15) is 0 Å². The molecule has 0 fully saturated rings. The SMILES string of the molecule is Cc1ccc2cc(CCNCCCS)ccc2c1. The average Bonchev–Trinajstić information content (AvgIpc) is 2.38. The Hall–Kier alpha value is -0.990. The van der Waals surface area contributed by atoms with Gasteiger partial charge in [0.25, 0.3) is 0 Å². The second-order valence-corrected chi connectivity index (χ2v) is 5.21. The maximum Gasteiger partial charge on any atom is -0.000834 e. The summed E-state index contributed by atoms with van der Waals surface area (Å²) in [5.41, 5.74) is 2.73. The van der Waals surface area contributed by atoms with Crippen LogP contribution >= 0.6 is 12.6 Å². The molecule has 2 heteroatoms. The van der Waals surface area contributed by atoms with Gasteiger partial charge < -0.3 is 5.32 Å². The third-order valence-corrected chi connectivity index (χ3v) is 3.48. The van der Waals surface area contributed by atoms with Gasteiger partial charge in [0.05, 0.1) is 0 Å².